The molecule has 3 rings (SSSR count). The van der Waals surface area contributed by atoms with Crippen LogP contribution in [0.15, 0.2) is 29.6 Å². The van der Waals surface area contributed by atoms with Gasteiger partial charge in [0.2, 0.25) is 0 Å². The maximum atomic E-state index is 12.1. The van der Waals surface area contributed by atoms with E-state index in [4.69, 9.17) is 9.47 Å². The van der Waals surface area contributed by atoms with Crippen LogP contribution in [0.1, 0.15) is 58.0 Å². The molecule has 1 aliphatic rings. The molecule has 0 fully saturated rings. The van der Waals surface area contributed by atoms with Crippen molar-refractivity contribution in [2.75, 3.05) is 13.7 Å². The molecule has 0 radical (unpaired) electrons. The molecule has 0 aliphatic carbocycles. The van der Waals surface area contributed by atoms with E-state index in [-0.39, 0.29) is 25.0 Å². The van der Waals surface area contributed by atoms with Crippen LogP contribution in [0.5, 0.6) is 0 Å². The molecule has 8 heteroatoms. The molecule has 0 amide bonds. The lowest BCUT2D eigenvalue weighted by Crippen LogP contribution is -2.27. The van der Waals surface area contributed by atoms with E-state index >= 15 is 0 Å². The third-order valence-corrected chi connectivity index (χ3v) is 4.69. The number of fused-ring (bicyclic) bond motifs is 1. The summed E-state index contributed by atoms with van der Waals surface area (Å²) in [5.41, 5.74) is 1.55. The first-order chi connectivity index (χ1) is 13.2. The minimum absolute atomic E-state index is 0.0188. The summed E-state index contributed by atoms with van der Waals surface area (Å²) in [7, 11) is 1.98. The Bertz CT molecular complexity index is 862. The van der Waals surface area contributed by atoms with Crippen molar-refractivity contribution in [1.29, 1.82) is 0 Å². The molecule has 0 saturated carbocycles. The lowest BCUT2D eigenvalue weighted by Gasteiger charge is -2.29. The number of ether oxygens (including phenoxy) is 2. The number of carbonyl (C=O) groups is 1. The van der Waals surface area contributed by atoms with Gasteiger partial charge < -0.3 is 14.4 Å². The van der Waals surface area contributed by atoms with Gasteiger partial charge in [0.25, 0.3) is 0 Å². The first-order valence-corrected chi connectivity index (χ1v) is 9.50. The van der Waals surface area contributed by atoms with E-state index in [1.165, 1.54) is 0 Å². The average molecular weight is 387 g/mol. The molecule has 0 bridgehead atoms. The van der Waals surface area contributed by atoms with E-state index in [0.717, 1.165) is 16.9 Å². The Balaban J connectivity index is 1.83. The van der Waals surface area contributed by atoms with Gasteiger partial charge in [0.05, 0.1) is 24.0 Å². The standard InChI is InChI=1S/C20H29N5O3/c1-7-27-14(2)25-11-15(10-22-25)17-16-8-9-24(18(16)21-12-23(17)6)13-28-19(26)20(3,4)5/h8-12,14,17H,7,13H2,1-6H3. The lowest BCUT2D eigenvalue weighted by molar-refractivity contribution is -0.156. The van der Waals surface area contributed by atoms with Crippen molar-refractivity contribution < 1.29 is 14.3 Å². The van der Waals surface area contributed by atoms with Crippen LogP contribution in [0, 0.1) is 5.41 Å². The third-order valence-electron chi connectivity index (χ3n) is 4.69. The smallest absolute Gasteiger partial charge is 0.312 e. The Morgan fingerprint density at radius 2 is 2.11 bits per heavy atom. The van der Waals surface area contributed by atoms with Crippen LogP contribution in [0.3, 0.4) is 0 Å². The summed E-state index contributed by atoms with van der Waals surface area (Å²) in [6.45, 7) is 10.2. The van der Waals surface area contributed by atoms with E-state index in [9.17, 15) is 4.79 Å². The predicted octanol–water partition coefficient (Wildman–Crippen LogP) is 3.48. The SMILES string of the molecule is CCOC(C)n1cc(C2c3ccn(COC(=O)C(C)(C)C)c3N=CN2C)cn1. The van der Waals surface area contributed by atoms with Gasteiger partial charge in [-0.25, -0.2) is 9.67 Å². The van der Waals surface area contributed by atoms with E-state index in [2.05, 4.69) is 10.1 Å². The fraction of sp³-hybridized carbons (Fsp3) is 0.550. The quantitative estimate of drug-likeness (QED) is 0.710. The molecule has 28 heavy (non-hydrogen) atoms. The molecule has 2 aromatic heterocycles. The Morgan fingerprint density at radius 3 is 2.79 bits per heavy atom. The molecular formula is C20H29N5O3. The molecule has 2 atom stereocenters. The van der Waals surface area contributed by atoms with Gasteiger partial charge in [-0.2, -0.15) is 5.10 Å². The summed E-state index contributed by atoms with van der Waals surface area (Å²) in [5, 5.41) is 4.45. The van der Waals surface area contributed by atoms with Gasteiger partial charge in [0, 0.05) is 37.2 Å². The highest BCUT2D eigenvalue weighted by atomic mass is 16.5. The Kier molecular flexibility index (Phi) is 5.60. The molecule has 0 saturated heterocycles. The number of aliphatic imine (C=N–C) groups is 1. The molecule has 2 unspecified atom stereocenters. The second kappa shape index (κ2) is 7.79. The van der Waals surface area contributed by atoms with Crippen molar-refractivity contribution in [3.63, 3.8) is 0 Å². The van der Waals surface area contributed by atoms with Gasteiger partial charge in [-0.1, -0.05) is 0 Å². The highest BCUT2D eigenvalue weighted by Crippen LogP contribution is 2.37. The van der Waals surface area contributed by atoms with Crippen LogP contribution in [-0.4, -0.2) is 45.2 Å². The Hall–Kier alpha value is -2.61. The zero-order valence-electron chi connectivity index (χ0n) is 17.4. The fourth-order valence-corrected chi connectivity index (χ4v) is 3.15. The highest BCUT2D eigenvalue weighted by Gasteiger charge is 2.29. The first-order valence-electron chi connectivity index (χ1n) is 9.50. The second-order valence-electron chi connectivity index (χ2n) is 8.00. The molecule has 1 aliphatic heterocycles. The van der Waals surface area contributed by atoms with Crippen molar-refractivity contribution in [3.8, 4) is 0 Å². The van der Waals surface area contributed by atoms with Crippen molar-refractivity contribution >= 4 is 18.1 Å². The van der Waals surface area contributed by atoms with Crippen molar-refractivity contribution in [3.05, 3.63) is 35.8 Å². The van der Waals surface area contributed by atoms with Crippen LogP contribution in [0.4, 0.5) is 5.82 Å². The lowest BCUT2D eigenvalue weighted by atomic mass is 9.98. The Morgan fingerprint density at radius 1 is 1.36 bits per heavy atom. The molecule has 8 nitrogen and oxygen atoms in total. The summed E-state index contributed by atoms with van der Waals surface area (Å²) in [6.07, 6.45) is 7.43. The minimum atomic E-state index is -0.537. The van der Waals surface area contributed by atoms with E-state index in [1.54, 1.807) is 6.34 Å². The van der Waals surface area contributed by atoms with Gasteiger partial charge in [0.15, 0.2) is 6.73 Å². The second-order valence-corrected chi connectivity index (χ2v) is 8.00. The molecule has 0 spiro atoms. The molecular weight excluding hydrogens is 358 g/mol. The van der Waals surface area contributed by atoms with Crippen molar-refractivity contribution in [2.45, 2.75) is 53.6 Å². The monoisotopic (exact) mass is 387 g/mol. The zero-order chi connectivity index (χ0) is 20.5. The number of hydrogen-bond acceptors (Lipinski definition) is 6. The van der Waals surface area contributed by atoms with Gasteiger partial charge >= 0.3 is 5.97 Å². The van der Waals surface area contributed by atoms with Gasteiger partial charge in [-0.15, -0.1) is 0 Å². The number of esters is 1. The number of rotatable bonds is 6. The van der Waals surface area contributed by atoms with E-state index < -0.39 is 5.41 Å². The van der Waals surface area contributed by atoms with Crippen LogP contribution in [0.25, 0.3) is 0 Å². The average Bonchev–Trinajstić information content (AvgIpc) is 3.26. The number of hydrogen-bond donors (Lipinski definition) is 0. The van der Waals surface area contributed by atoms with Crippen LogP contribution < -0.4 is 0 Å². The molecule has 2 aromatic rings. The molecule has 0 N–H and O–H groups in total. The van der Waals surface area contributed by atoms with Crippen molar-refractivity contribution in [2.24, 2.45) is 10.4 Å². The number of carbonyl (C=O) groups excluding carboxylic acids is 1. The molecule has 0 aromatic carbocycles. The third kappa shape index (κ3) is 3.96. The molecule has 3 heterocycles. The number of nitrogens with zero attached hydrogens (tertiary/aromatic N) is 5. The van der Waals surface area contributed by atoms with Crippen LogP contribution in [0.2, 0.25) is 0 Å². The number of aromatic nitrogens is 3. The van der Waals surface area contributed by atoms with Crippen molar-refractivity contribution in [1.82, 2.24) is 19.2 Å². The maximum absolute atomic E-state index is 12.1. The minimum Gasteiger partial charge on any atom is -0.443 e. The largest absolute Gasteiger partial charge is 0.443 e. The van der Waals surface area contributed by atoms with Crippen LogP contribution in [-0.2, 0) is 21.0 Å². The van der Waals surface area contributed by atoms with Crippen LogP contribution >= 0.6 is 0 Å². The fourth-order valence-electron chi connectivity index (χ4n) is 3.15. The topological polar surface area (TPSA) is 73.9 Å². The zero-order valence-corrected chi connectivity index (χ0v) is 17.4. The summed E-state index contributed by atoms with van der Waals surface area (Å²) in [6, 6.07) is 2.00. The summed E-state index contributed by atoms with van der Waals surface area (Å²) >= 11 is 0. The normalized spacial score (nSPS) is 17.5. The summed E-state index contributed by atoms with van der Waals surface area (Å²) < 4.78 is 14.7. The first kappa shape index (κ1) is 20.1. The Labute approximate surface area is 165 Å². The predicted molar refractivity (Wildman–Crippen MR) is 106 cm³/mol. The highest BCUT2D eigenvalue weighted by molar-refractivity contribution is 5.75. The van der Waals surface area contributed by atoms with Gasteiger partial charge in [-0.05, 0) is 40.7 Å². The molecule has 152 valence electrons. The maximum Gasteiger partial charge on any atom is 0.312 e. The summed E-state index contributed by atoms with van der Waals surface area (Å²) in [4.78, 5) is 18.7. The van der Waals surface area contributed by atoms with E-state index in [0.29, 0.717) is 6.61 Å². The van der Waals surface area contributed by atoms with Gasteiger partial charge in [0.1, 0.15) is 12.0 Å². The summed E-state index contributed by atoms with van der Waals surface area (Å²) in [5.74, 6) is 0.546. The van der Waals surface area contributed by atoms with Gasteiger partial charge in [-0.3, -0.25) is 9.36 Å². The van der Waals surface area contributed by atoms with E-state index in [1.807, 2.05) is 80.5 Å².